The van der Waals surface area contributed by atoms with Crippen LogP contribution in [0.15, 0.2) is 46.9 Å². The van der Waals surface area contributed by atoms with Gasteiger partial charge in [-0.3, -0.25) is 0 Å². The zero-order chi connectivity index (χ0) is 14.5. The molecule has 0 aliphatic carbocycles. The lowest BCUT2D eigenvalue weighted by molar-refractivity contribution is 0.198. The molecular formula is C16H17BrO3. The van der Waals surface area contributed by atoms with Gasteiger partial charge in [0.2, 0.25) is 0 Å². The minimum atomic E-state index is -0.527. The van der Waals surface area contributed by atoms with Crippen LogP contribution in [0.3, 0.4) is 0 Å². The molecule has 0 amide bonds. The molecule has 4 heteroatoms. The van der Waals surface area contributed by atoms with Crippen molar-refractivity contribution in [3.63, 3.8) is 0 Å². The maximum Gasteiger partial charge on any atom is 0.161 e. The van der Waals surface area contributed by atoms with Gasteiger partial charge in [0.05, 0.1) is 13.2 Å². The molecule has 0 heterocycles. The normalized spacial score (nSPS) is 12.0. The van der Waals surface area contributed by atoms with Crippen molar-refractivity contribution in [2.75, 3.05) is 7.11 Å². The van der Waals surface area contributed by atoms with Crippen LogP contribution in [0.4, 0.5) is 0 Å². The lowest BCUT2D eigenvalue weighted by atomic mass is 10.1. The van der Waals surface area contributed by atoms with Crippen LogP contribution in [0, 0.1) is 0 Å². The van der Waals surface area contributed by atoms with Gasteiger partial charge in [-0.15, -0.1) is 0 Å². The molecule has 0 bridgehead atoms. The van der Waals surface area contributed by atoms with Crippen LogP contribution in [0.2, 0.25) is 0 Å². The summed E-state index contributed by atoms with van der Waals surface area (Å²) in [4.78, 5) is 0. The summed E-state index contributed by atoms with van der Waals surface area (Å²) in [5.41, 5.74) is 1.87. The van der Waals surface area contributed by atoms with Crippen molar-refractivity contribution in [1.82, 2.24) is 0 Å². The number of aliphatic hydroxyl groups excluding tert-OH is 1. The number of hydrogen-bond donors (Lipinski definition) is 1. The average molecular weight is 337 g/mol. The third-order valence-electron chi connectivity index (χ3n) is 3.01. The van der Waals surface area contributed by atoms with Crippen molar-refractivity contribution in [3.05, 3.63) is 58.1 Å². The molecule has 0 radical (unpaired) electrons. The van der Waals surface area contributed by atoms with Gasteiger partial charge >= 0.3 is 0 Å². The van der Waals surface area contributed by atoms with Crippen molar-refractivity contribution < 1.29 is 14.6 Å². The molecular weight excluding hydrogens is 320 g/mol. The standard InChI is InChI=1S/C16H17BrO3/c1-11(18)12-7-8-15(16(9-12)19-2)20-10-13-5-3-4-6-14(13)17/h3-9,11,18H,10H2,1-2H3/t11-/m0/s1. The quantitative estimate of drug-likeness (QED) is 0.893. The molecule has 0 saturated heterocycles. The Balaban J connectivity index is 2.15. The third kappa shape index (κ3) is 3.52. The van der Waals surface area contributed by atoms with Gasteiger partial charge in [0.15, 0.2) is 11.5 Å². The van der Waals surface area contributed by atoms with Crippen LogP contribution < -0.4 is 9.47 Å². The smallest absolute Gasteiger partial charge is 0.161 e. The van der Waals surface area contributed by atoms with Gasteiger partial charge in [-0.25, -0.2) is 0 Å². The van der Waals surface area contributed by atoms with Gasteiger partial charge < -0.3 is 14.6 Å². The van der Waals surface area contributed by atoms with Crippen molar-refractivity contribution in [2.24, 2.45) is 0 Å². The Kier molecular flexibility index (Phi) is 5.04. The zero-order valence-corrected chi connectivity index (χ0v) is 13.1. The molecule has 2 rings (SSSR count). The topological polar surface area (TPSA) is 38.7 Å². The van der Waals surface area contributed by atoms with Crippen LogP contribution >= 0.6 is 15.9 Å². The molecule has 106 valence electrons. The second-order valence-electron chi connectivity index (χ2n) is 4.47. The van der Waals surface area contributed by atoms with Crippen molar-refractivity contribution in [2.45, 2.75) is 19.6 Å². The van der Waals surface area contributed by atoms with E-state index >= 15 is 0 Å². The highest BCUT2D eigenvalue weighted by Crippen LogP contribution is 2.31. The van der Waals surface area contributed by atoms with Gasteiger partial charge in [-0.1, -0.05) is 40.2 Å². The molecule has 0 spiro atoms. The lowest BCUT2D eigenvalue weighted by Crippen LogP contribution is -2.00. The summed E-state index contributed by atoms with van der Waals surface area (Å²) in [6, 6.07) is 13.4. The van der Waals surface area contributed by atoms with E-state index in [0.29, 0.717) is 18.1 Å². The molecule has 2 aromatic carbocycles. The minimum absolute atomic E-state index is 0.450. The van der Waals surface area contributed by atoms with Crippen molar-refractivity contribution in [3.8, 4) is 11.5 Å². The minimum Gasteiger partial charge on any atom is -0.493 e. The number of halogens is 1. The van der Waals surface area contributed by atoms with Gasteiger partial charge in [-0.2, -0.15) is 0 Å². The summed E-state index contributed by atoms with van der Waals surface area (Å²) < 4.78 is 12.1. The average Bonchev–Trinajstić information content (AvgIpc) is 2.46. The maximum atomic E-state index is 9.58. The fourth-order valence-electron chi connectivity index (χ4n) is 1.83. The highest BCUT2D eigenvalue weighted by atomic mass is 79.9. The summed E-state index contributed by atoms with van der Waals surface area (Å²) in [6.45, 7) is 2.17. The zero-order valence-electron chi connectivity index (χ0n) is 11.5. The summed E-state index contributed by atoms with van der Waals surface area (Å²) in [7, 11) is 1.59. The molecule has 0 fully saturated rings. The van der Waals surface area contributed by atoms with E-state index < -0.39 is 6.10 Å². The Bertz CT molecular complexity index is 582. The summed E-state index contributed by atoms with van der Waals surface area (Å²) in [6.07, 6.45) is -0.527. The number of benzene rings is 2. The first kappa shape index (κ1) is 14.9. The van der Waals surface area contributed by atoms with E-state index in [1.807, 2.05) is 36.4 Å². The predicted molar refractivity (Wildman–Crippen MR) is 82.1 cm³/mol. The van der Waals surface area contributed by atoms with Crippen molar-refractivity contribution in [1.29, 1.82) is 0 Å². The highest BCUT2D eigenvalue weighted by Gasteiger charge is 2.09. The van der Waals surface area contributed by atoms with E-state index in [9.17, 15) is 5.11 Å². The van der Waals surface area contributed by atoms with Gasteiger partial charge in [0.25, 0.3) is 0 Å². The van der Waals surface area contributed by atoms with Crippen LogP contribution in [0.5, 0.6) is 11.5 Å². The molecule has 0 unspecified atom stereocenters. The Morgan fingerprint density at radius 2 is 1.90 bits per heavy atom. The molecule has 2 aromatic rings. The van der Waals surface area contributed by atoms with E-state index in [4.69, 9.17) is 9.47 Å². The largest absolute Gasteiger partial charge is 0.493 e. The maximum absolute atomic E-state index is 9.58. The van der Waals surface area contributed by atoms with Crippen LogP contribution in [0.1, 0.15) is 24.2 Å². The van der Waals surface area contributed by atoms with Gasteiger partial charge in [0, 0.05) is 10.0 Å². The summed E-state index contributed by atoms with van der Waals surface area (Å²) in [5.74, 6) is 1.28. The van der Waals surface area contributed by atoms with Crippen LogP contribution in [-0.4, -0.2) is 12.2 Å². The Morgan fingerprint density at radius 3 is 2.55 bits per heavy atom. The third-order valence-corrected chi connectivity index (χ3v) is 3.78. The van der Waals surface area contributed by atoms with Crippen molar-refractivity contribution >= 4 is 15.9 Å². The van der Waals surface area contributed by atoms with Crippen LogP contribution in [0.25, 0.3) is 0 Å². The molecule has 0 aliphatic heterocycles. The Labute approximate surface area is 127 Å². The first-order valence-corrected chi connectivity index (χ1v) is 7.13. The second-order valence-corrected chi connectivity index (χ2v) is 5.32. The molecule has 3 nitrogen and oxygen atoms in total. The highest BCUT2D eigenvalue weighted by molar-refractivity contribution is 9.10. The lowest BCUT2D eigenvalue weighted by Gasteiger charge is -2.13. The molecule has 0 aliphatic rings. The SMILES string of the molecule is COc1cc([C@H](C)O)ccc1OCc1ccccc1Br. The predicted octanol–water partition coefficient (Wildman–Crippen LogP) is 4.09. The molecule has 0 aromatic heterocycles. The number of aliphatic hydroxyl groups is 1. The monoisotopic (exact) mass is 336 g/mol. The fourth-order valence-corrected chi connectivity index (χ4v) is 2.23. The first-order valence-electron chi connectivity index (χ1n) is 6.34. The molecule has 0 saturated carbocycles. The summed E-state index contributed by atoms with van der Waals surface area (Å²) in [5, 5.41) is 9.58. The van der Waals surface area contributed by atoms with E-state index in [2.05, 4.69) is 15.9 Å². The first-order chi connectivity index (χ1) is 9.61. The van der Waals surface area contributed by atoms with Crippen LogP contribution in [-0.2, 0) is 6.61 Å². The Hall–Kier alpha value is -1.52. The number of hydrogen-bond acceptors (Lipinski definition) is 3. The van der Waals surface area contributed by atoms with Gasteiger partial charge in [0.1, 0.15) is 6.61 Å². The molecule has 1 atom stereocenters. The van der Waals surface area contributed by atoms with E-state index in [1.54, 1.807) is 20.1 Å². The number of rotatable bonds is 5. The molecule has 20 heavy (non-hydrogen) atoms. The number of methoxy groups -OCH3 is 1. The fraction of sp³-hybridized carbons (Fsp3) is 0.250. The second kappa shape index (κ2) is 6.77. The molecule has 1 N–H and O–H groups in total. The van der Waals surface area contributed by atoms with E-state index in [0.717, 1.165) is 15.6 Å². The number of ether oxygens (including phenoxy) is 2. The van der Waals surface area contributed by atoms with E-state index in [-0.39, 0.29) is 0 Å². The Morgan fingerprint density at radius 1 is 1.15 bits per heavy atom. The summed E-state index contributed by atoms with van der Waals surface area (Å²) >= 11 is 3.49. The van der Waals surface area contributed by atoms with E-state index in [1.165, 1.54) is 0 Å². The van der Waals surface area contributed by atoms with Gasteiger partial charge in [-0.05, 0) is 30.7 Å².